The second-order valence-corrected chi connectivity index (χ2v) is 4.95. The summed E-state index contributed by atoms with van der Waals surface area (Å²) in [7, 11) is 0. The van der Waals surface area contributed by atoms with Crippen LogP contribution in [0.1, 0.15) is 5.69 Å². The SMILES string of the molecule is O=C(Cc1noc2ccccc12)NCCn1[nH]c(=O)ccc1=O. The molecule has 0 atom stereocenters. The van der Waals surface area contributed by atoms with E-state index in [1.165, 1.54) is 6.07 Å². The third-order valence-electron chi connectivity index (χ3n) is 3.33. The summed E-state index contributed by atoms with van der Waals surface area (Å²) in [6.45, 7) is 0.398. The summed E-state index contributed by atoms with van der Waals surface area (Å²) in [5.74, 6) is -0.240. The first-order valence-electron chi connectivity index (χ1n) is 7.03. The van der Waals surface area contributed by atoms with E-state index < -0.39 is 0 Å². The number of rotatable bonds is 5. The lowest BCUT2D eigenvalue weighted by atomic mass is 10.1. The topological polar surface area (TPSA) is 110 Å². The van der Waals surface area contributed by atoms with Gasteiger partial charge in [-0.2, -0.15) is 0 Å². The lowest BCUT2D eigenvalue weighted by Gasteiger charge is -2.06. The Morgan fingerprint density at radius 2 is 2.04 bits per heavy atom. The van der Waals surface area contributed by atoms with Crippen molar-refractivity contribution in [2.75, 3.05) is 6.54 Å². The fourth-order valence-electron chi connectivity index (χ4n) is 2.22. The number of benzene rings is 1. The standard InChI is InChI=1S/C15H14N4O4/c20-13-5-6-15(22)19(17-13)8-7-16-14(21)9-11-10-3-1-2-4-12(10)23-18-11/h1-6H,7-9H2,(H,16,21)(H,17,20). The third-order valence-corrected chi connectivity index (χ3v) is 3.33. The molecule has 0 fully saturated rings. The van der Waals surface area contributed by atoms with Crippen LogP contribution >= 0.6 is 0 Å². The van der Waals surface area contributed by atoms with Crippen molar-refractivity contribution in [1.82, 2.24) is 20.3 Å². The molecule has 3 rings (SSSR count). The summed E-state index contributed by atoms with van der Waals surface area (Å²) in [5, 5.41) is 9.75. The minimum atomic E-state index is -0.370. The molecule has 2 aromatic heterocycles. The van der Waals surface area contributed by atoms with Gasteiger partial charge in [0.25, 0.3) is 11.1 Å². The second kappa shape index (κ2) is 6.30. The van der Waals surface area contributed by atoms with Gasteiger partial charge >= 0.3 is 0 Å². The maximum Gasteiger partial charge on any atom is 0.265 e. The number of amides is 1. The first kappa shape index (κ1) is 14.8. The number of carbonyl (C=O) groups is 1. The number of fused-ring (bicyclic) bond motifs is 1. The van der Waals surface area contributed by atoms with Gasteiger partial charge in [-0.1, -0.05) is 17.3 Å². The number of nitrogens with zero attached hydrogens (tertiary/aromatic N) is 2. The molecule has 0 unspecified atom stereocenters. The first-order valence-corrected chi connectivity index (χ1v) is 7.03. The summed E-state index contributed by atoms with van der Waals surface area (Å²) >= 11 is 0. The van der Waals surface area contributed by atoms with E-state index in [9.17, 15) is 14.4 Å². The Morgan fingerprint density at radius 1 is 1.22 bits per heavy atom. The zero-order chi connectivity index (χ0) is 16.2. The predicted molar refractivity (Wildman–Crippen MR) is 82.0 cm³/mol. The van der Waals surface area contributed by atoms with Gasteiger partial charge in [-0.3, -0.25) is 19.5 Å². The summed E-state index contributed by atoms with van der Waals surface area (Å²) < 4.78 is 6.28. The van der Waals surface area contributed by atoms with Crippen LogP contribution in [0.25, 0.3) is 11.0 Å². The minimum Gasteiger partial charge on any atom is -0.356 e. The second-order valence-electron chi connectivity index (χ2n) is 4.95. The van der Waals surface area contributed by atoms with E-state index in [0.717, 1.165) is 16.1 Å². The van der Waals surface area contributed by atoms with Crippen molar-refractivity contribution >= 4 is 16.9 Å². The quantitative estimate of drug-likeness (QED) is 0.691. The lowest BCUT2D eigenvalue weighted by Crippen LogP contribution is -2.34. The number of hydrogen-bond donors (Lipinski definition) is 2. The predicted octanol–water partition coefficient (Wildman–Crippen LogP) is 0.0367. The molecule has 0 aliphatic heterocycles. The van der Waals surface area contributed by atoms with E-state index >= 15 is 0 Å². The van der Waals surface area contributed by atoms with Gasteiger partial charge in [-0.05, 0) is 12.1 Å². The van der Waals surface area contributed by atoms with E-state index in [2.05, 4.69) is 15.6 Å². The van der Waals surface area contributed by atoms with Gasteiger partial charge in [0.15, 0.2) is 5.58 Å². The molecular formula is C15H14N4O4. The number of nitrogens with one attached hydrogen (secondary N) is 2. The Morgan fingerprint density at radius 3 is 2.91 bits per heavy atom. The van der Waals surface area contributed by atoms with Crippen LogP contribution in [0.3, 0.4) is 0 Å². The zero-order valence-electron chi connectivity index (χ0n) is 12.1. The number of para-hydroxylation sites is 1. The average Bonchev–Trinajstić information content (AvgIpc) is 2.94. The van der Waals surface area contributed by atoms with E-state index in [1.807, 2.05) is 18.2 Å². The van der Waals surface area contributed by atoms with Crippen LogP contribution < -0.4 is 16.4 Å². The number of carbonyl (C=O) groups excluding carboxylic acids is 1. The molecule has 0 saturated carbocycles. The highest BCUT2D eigenvalue weighted by atomic mass is 16.5. The van der Waals surface area contributed by atoms with E-state index in [-0.39, 0.29) is 36.5 Å². The van der Waals surface area contributed by atoms with Gasteiger partial charge in [0.2, 0.25) is 5.91 Å². The molecule has 8 nitrogen and oxygen atoms in total. The number of aromatic nitrogens is 3. The summed E-state index contributed by atoms with van der Waals surface area (Å²) in [5.41, 5.74) is 0.485. The molecule has 0 saturated heterocycles. The maximum atomic E-state index is 11.9. The van der Waals surface area contributed by atoms with Crippen molar-refractivity contribution in [3.63, 3.8) is 0 Å². The Kier molecular flexibility index (Phi) is 4.05. The molecule has 23 heavy (non-hydrogen) atoms. The molecule has 0 aliphatic rings. The monoisotopic (exact) mass is 314 g/mol. The largest absolute Gasteiger partial charge is 0.356 e. The van der Waals surface area contributed by atoms with Crippen molar-refractivity contribution in [3.8, 4) is 0 Å². The molecule has 118 valence electrons. The molecular weight excluding hydrogens is 300 g/mol. The third kappa shape index (κ3) is 3.37. The summed E-state index contributed by atoms with van der Waals surface area (Å²) in [4.78, 5) is 34.6. The number of hydrogen-bond acceptors (Lipinski definition) is 5. The molecule has 1 amide bonds. The summed E-state index contributed by atoms with van der Waals surface area (Å²) in [6, 6.07) is 9.63. The molecule has 3 aromatic rings. The number of H-pyrrole nitrogens is 1. The zero-order valence-corrected chi connectivity index (χ0v) is 12.1. The molecule has 8 heteroatoms. The average molecular weight is 314 g/mol. The molecule has 0 aliphatic carbocycles. The fourth-order valence-corrected chi connectivity index (χ4v) is 2.22. The Labute approximate surface area is 129 Å². The van der Waals surface area contributed by atoms with Crippen molar-refractivity contribution in [2.24, 2.45) is 0 Å². The van der Waals surface area contributed by atoms with Crippen molar-refractivity contribution in [1.29, 1.82) is 0 Å². The molecule has 1 aromatic carbocycles. The Bertz CT molecular complexity index is 954. The van der Waals surface area contributed by atoms with Gasteiger partial charge in [0.05, 0.1) is 13.0 Å². The van der Waals surface area contributed by atoms with Crippen LogP contribution in [0, 0.1) is 0 Å². The van der Waals surface area contributed by atoms with E-state index in [0.29, 0.717) is 11.3 Å². The van der Waals surface area contributed by atoms with Crippen LogP contribution in [0.4, 0.5) is 0 Å². The van der Waals surface area contributed by atoms with Crippen LogP contribution in [0.5, 0.6) is 0 Å². The highest BCUT2D eigenvalue weighted by molar-refractivity contribution is 5.86. The van der Waals surface area contributed by atoms with Crippen LogP contribution in [0.15, 0.2) is 50.5 Å². The smallest absolute Gasteiger partial charge is 0.265 e. The highest BCUT2D eigenvalue weighted by Crippen LogP contribution is 2.17. The first-order chi connectivity index (χ1) is 11.1. The number of aromatic amines is 1. The molecule has 0 radical (unpaired) electrons. The lowest BCUT2D eigenvalue weighted by molar-refractivity contribution is -0.120. The fraction of sp³-hybridized carbons (Fsp3) is 0.200. The van der Waals surface area contributed by atoms with Crippen molar-refractivity contribution < 1.29 is 9.32 Å². The maximum absolute atomic E-state index is 11.9. The van der Waals surface area contributed by atoms with Crippen LogP contribution in [-0.4, -0.2) is 27.4 Å². The van der Waals surface area contributed by atoms with E-state index in [4.69, 9.17) is 4.52 Å². The summed E-state index contributed by atoms with van der Waals surface area (Å²) in [6.07, 6.45) is 0.0806. The molecule has 0 spiro atoms. The molecule has 2 heterocycles. The Hall–Kier alpha value is -3.16. The van der Waals surface area contributed by atoms with Gasteiger partial charge in [0.1, 0.15) is 5.69 Å². The van der Waals surface area contributed by atoms with Crippen molar-refractivity contribution in [2.45, 2.75) is 13.0 Å². The normalized spacial score (nSPS) is 10.8. The van der Waals surface area contributed by atoms with Gasteiger partial charge in [0, 0.05) is 24.1 Å². The van der Waals surface area contributed by atoms with Crippen molar-refractivity contribution in [3.05, 3.63) is 62.8 Å². The highest BCUT2D eigenvalue weighted by Gasteiger charge is 2.11. The molecule has 2 N–H and O–H groups in total. The van der Waals surface area contributed by atoms with Gasteiger partial charge < -0.3 is 9.84 Å². The Balaban J connectivity index is 1.59. The molecule has 0 bridgehead atoms. The minimum absolute atomic E-state index is 0.0806. The van der Waals surface area contributed by atoms with Gasteiger partial charge in [-0.15, -0.1) is 0 Å². The van der Waals surface area contributed by atoms with Crippen LogP contribution in [-0.2, 0) is 17.8 Å². The van der Waals surface area contributed by atoms with Gasteiger partial charge in [-0.25, -0.2) is 4.68 Å². The van der Waals surface area contributed by atoms with Crippen LogP contribution in [0.2, 0.25) is 0 Å². The van der Waals surface area contributed by atoms with E-state index in [1.54, 1.807) is 6.07 Å².